The average molecular weight is 564 g/mol. The van der Waals surface area contributed by atoms with E-state index in [1.54, 1.807) is 55.5 Å². The van der Waals surface area contributed by atoms with Gasteiger partial charge < -0.3 is 19.0 Å². The van der Waals surface area contributed by atoms with Gasteiger partial charge in [-0.15, -0.1) is 0 Å². The fourth-order valence-corrected chi connectivity index (χ4v) is 5.01. The van der Waals surface area contributed by atoms with Crippen LogP contribution in [0.3, 0.4) is 0 Å². The zero-order valence-corrected chi connectivity index (χ0v) is 21.8. The number of phenolic OH excluding ortho intramolecular Hbond substituents is 1. The molecule has 0 aliphatic carbocycles. The topological polar surface area (TPSA) is 106 Å². The van der Waals surface area contributed by atoms with Gasteiger partial charge in [0.25, 0.3) is 5.91 Å². The number of anilines is 1. The number of phenols is 1. The Labute approximate surface area is 220 Å². The summed E-state index contributed by atoms with van der Waals surface area (Å²) in [6.45, 7) is 3.82. The van der Waals surface area contributed by atoms with Crippen LogP contribution >= 0.6 is 15.9 Å². The summed E-state index contributed by atoms with van der Waals surface area (Å²) in [7, 11) is 1.41. The lowest BCUT2D eigenvalue weighted by Gasteiger charge is -2.26. The first-order chi connectivity index (χ1) is 17.7. The quantitative estimate of drug-likeness (QED) is 0.319. The number of carbonyl (C=O) groups excluding carboxylic acids is 2. The second-order valence-corrected chi connectivity index (χ2v) is 9.43. The van der Waals surface area contributed by atoms with Gasteiger partial charge in [0.05, 0.1) is 40.7 Å². The average Bonchev–Trinajstić information content (AvgIpc) is 3.18. The number of esters is 1. The Balaban J connectivity index is 1.75. The highest BCUT2D eigenvalue weighted by atomic mass is 79.9. The molecule has 3 aromatic carbocycles. The highest BCUT2D eigenvalue weighted by molar-refractivity contribution is 9.10. The van der Waals surface area contributed by atoms with E-state index < -0.39 is 17.9 Å². The number of methoxy groups -OCH3 is 1. The highest BCUT2D eigenvalue weighted by Crippen LogP contribution is 2.45. The fraction of sp³-hybridized carbons (Fsp3) is 0.179. The van der Waals surface area contributed by atoms with Crippen LogP contribution in [0.2, 0.25) is 0 Å². The number of benzene rings is 3. The van der Waals surface area contributed by atoms with Gasteiger partial charge in [0.15, 0.2) is 16.9 Å². The zero-order valence-electron chi connectivity index (χ0n) is 20.2. The van der Waals surface area contributed by atoms with Crippen LogP contribution in [0.1, 0.15) is 50.6 Å². The summed E-state index contributed by atoms with van der Waals surface area (Å²) in [6.07, 6.45) is 0. The smallest absolute Gasteiger partial charge is 0.338 e. The summed E-state index contributed by atoms with van der Waals surface area (Å²) < 4.78 is 16.7. The predicted molar refractivity (Wildman–Crippen MR) is 141 cm³/mol. The van der Waals surface area contributed by atoms with Crippen LogP contribution in [0, 0.1) is 6.92 Å². The molecule has 0 spiro atoms. The zero-order chi connectivity index (χ0) is 26.4. The predicted octanol–water partition coefficient (Wildman–Crippen LogP) is 5.50. The van der Waals surface area contributed by atoms with Crippen molar-refractivity contribution in [2.75, 3.05) is 18.6 Å². The molecule has 4 aromatic rings. The number of halogens is 1. The molecule has 1 aliphatic heterocycles. The van der Waals surface area contributed by atoms with Gasteiger partial charge in [0.1, 0.15) is 5.58 Å². The van der Waals surface area contributed by atoms with Crippen LogP contribution in [-0.4, -0.2) is 30.7 Å². The Morgan fingerprint density at radius 1 is 1.11 bits per heavy atom. The lowest BCUT2D eigenvalue weighted by molar-refractivity contribution is 0.0526. The number of nitrogens with zero attached hydrogens (tertiary/aromatic N) is 1. The Morgan fingerprint density at radius 3 is 2.51 bits per heavy atom. The van der Waals surface area contributed by atoms with E-state index in [2.05, 4.69) is 15.9 Å². The summed E-state index contributed by atoms with van der Waals surface area (Å²) in [5, 5.41) is 10.7. The van der Waals surface area contributed by atoms with Crippen molar-refractivity contribution in [3.63, 3.8) is 0 Å². The third-order valence-electron chi connectivity index (χ3n) is 6.27. The number of aromatic hydroxyl groups is 1. The first-order valence-electron chi connectivity index (χ1n) is 11.5. The summed E-state index contributed by atoms with van der Waals surface area (Å²) in [4.78, 5) is 41.2. The van der Waals surface area contributed by atoms with Gasteiger partial charge in [0.2, 0.25) is 5.76 Å². The van der Waals surface area contributed by atoms with Gasteiger partial charge in [-0.05, 0) is 83.9 Å². The monoisotopic (exact) mass is 563 g/mol. The summed E-state index contributed by atoms with van der Waals surface area (Å²) in [6, 6.07) is 13.9. The molecule has 1 N–H and O–H groups in total. The van der Waals surface area contributed by atoms with Gasteiger partial charge in [-0.2, -0.15) is 0 Å². The summed E-state index contributed by atoms with van der Waals surface area (Å²) in [5.74, 6) is -0.992. The molecule has 9 heteroatoms. The Bertz CT molecular complexity index is 1620. The molecule has 0 fully saturated rings. The number of hydrogen-bond donors (Lipinski definition) is 1. The molecule has 0 radical (unpaired) electrons. The number of fused-ring (bicyclic) bond motifs is 2. The number of carbonyl (C=O) groups is 2. The van der Waals surface area contributed by atoms with E-state index in [1.165, 1.54) is 12.0 Å². The molecular weight excluding hydrogens is 542 g/mol. The van der Waals surface area contributed by atoms with Gasteiger partial charge in [-0.3, -0.25) is 14.5 Å². The molecule has 0 saturated carbocycles. The Kier molecular flexibility index (Phi) is 6.25. The lowest BCUT2D eigenvalue weighted by atomic mass is 9.97. The van der Waals surface area contributed by atoms with E-state index in [9.17, 15) is 19.5 Å². The highest BCUT2D eigenvalue weighted by Gasteiger charge is 2.44. The molecule has 5 rings (SSSR count). The van der Waals surface area contributed by atoms with Gasteiger partial charge >= 0.3 is 5.97 Å². The van der Waals surface area contributed by atoms with Crippen LogP contribution in [0.4, 0.5) is 5.69 Å². The standard InChI is InChI=1S/C28H22BrNO7/c1-4-36-28(34)15-6-8-17(9-7-15)30-23(16-12-19(29)25(32)21(13-16)35-3)22-24(31)18-11-14(2)5-10-20(18)37-26(22)27(30)33/h5-13,23,32H,4H2,1-3H3. The molecule has 1 amide bonds. The molecule has 1 aliphatic rings. The molecule has 0 saturated heterocycles. The molecule has 1 aromatic heterocycles. The third kappa shape index (κ3) is 4.05. The second kappa shape index (κ2) is 9.40. The van der Waals surface area contributed by atoms with Crippen molar-refractivity contribution in [1.82, 2.24) is 0 Å². The number of amides is 1. The normalized spacial score (nSPS) is 14.6. The number of rotatable bonds is 5. The number of aryl methyl sites for hydroxylation is 1. The van der Waals surface area contributed by atoms with Crippen molar-refractivity contribution in [1.29, 1.82) is 0 Å². The van der Waals surface area contributed by atoms with Crippen molar-refractivity contribution < 1.29 is 28.6 Å². The number of ether oxygens (including phenoxy) is 2. The first-order valence-corrected chi connectivity index (χ1v) is 12.3. The van der Waals surface area contributed by atoms with E-state index in [4.69, 9.17) is 13.9 Å². The fourth-order valence-electron chi connectivity index (χ4n) is 4.55. The maximum absolute atomic E-state index is 13.8. The van der Waals surface area contributed by atoms with Gasteiger partial charge in [0, 0.05) is 5.69 Å². The van der Waals surface area contributed by atoms with Crippen molar-refractivity contribution in [3.8, 4) is 11.5 Å². The van der Waals surface area contributed by atoms with E-state index in [0.29, 0.717) is 32.3 Å². The lowest BCUT2D eigenvalue weighted by Crippen LogP contribution is -2.29. The van der Waals surface area contributed by atoms with Crippen molar-refractivity contribution >= 4 is 44.5 Å². The van der Waals surface area contributed by atoms with Crippen LogP contribution in [0.15, 0.2) is 68.3 Å². The molecule has 8 nitrogen and oxygen atoms in total. The molecule has 2 heterocycles. The van der Waals surface area contributed by atoms with Crippen molar-refractivity contribution in [3.05, 3.63) is 97.3 Å². The molecule has 188 valence electrons. The SMILES string of the molecule is CCOC(=O)c1ccc(N2C(=O)c3oc4ccc(C)cc4c(=O)c3C2c2cc(Br)c(O)c(OC)c2)cc1. The number of hydrogen-bond acceptors (Lipinski definition) is 7. The third-order valence-corrected chi connectivity index (χ3v) is 6.87. The molecule has 1 unspecified atom stereocenters. The van der Waals surface area contributed by atoms with Crippen molar-refractivity contribution in [2.24, 2.45) is 0 Å². The van der Waals surface area contributed by atoms with E-state index >= 15 is 0 Å². The Hall–Kier alpha value is -4.11. The van der Waals surface area contributed by atoms with Crippen LogP contribution in [-0.2, 0) is 4.74 Å². The van der Waals surface area contributed by atoms with E-state index in [-0.39, 0.29) is 34.9 Å². The second-order valence-electron chi connectivity index (χ2n) is 8.57. The minimum Gasteiger partial charge on any atom is -0.503 e. The van der Waals surface area contributed by atoms with E-state index in [0.717, 1.165) is 5.56 Å². The van der Waals surface area contributed by atoms with Crippen molar-refractivity contribution in [2.45, 2.75) is 19.9 Å². The minimum atomic E-state index is -0.886. The summed E-state index contributed by atoms with van der Waals surface area (Å²) in [5.41, 5.74) is 2.33. The molecular formula is C28H22BrNO7. The maximum atomic E-state index is 13.8. The molecule has 37 heavy (non-hydrogen) atoms. The van der Waals surface area contributed by atoms with Gasteiger partial charge in [-0.1, -0.05) is 11.6 Å². The van der Waals surface area contributed by atoms with Crippen LogP contribution < -0.4 is 15.1 Å². The van der Waals surface area contributed by atoms with E-state index in [1.807, 2.05) is 13.0 Å². The molecule has 0 bridgehead atoms. The maximum Gasteiger partial charge on any atom is 0.338 e. The molecule has 1 atom stereocenters. The van der Waals surface area contributed by atoms with Gasteiger partial charge in [-0.25, -0.2) is 4.79 Å². The van der Waals surface area contributed by atoms with Crippen LogP contribution in [0.25, 0.3) is 11.0 Å². The Morgan fingerprint density at radius 2 is 1.84 bits per heavy atom. The largest absolute Gasteiger partial charge is 0.503 e. The van der Waals surface area contributed by atoms with Crippen LogP contribution in [0.5, 0.6) is 11.5 Å². The minimum absolute atomic E-state index is 0.0658. The summed E-state index contributed by atoms with van der Waals surface area (Å²) >= 11 is 3.34. The first kappa shape index (κ1) is 24.6.